The number of rotatable bonds is 6. The van der Waals surface area contributed by atoms with E-state index < -0.39 is 20.9 Å². The number of phenolic OH excluding ortho intramolecular Hbond substituents is 1. The lowest BCUT2D eigenvalue weighted by Crippen LogP contribution is -2.34. The summed E-state index contributed by atoms with van der Waals surface area (Å²) in [6.07, 6.45) is 0.330. The highest BCUT2D eigenvalue weighted by Crippen LogP contribution is 2.42. The normalized spacial score (nSPS) is 16.8. The SMILES string of the molecule is CCC(C)(c1cccc(C(C)(CC)[N+](=O)[O-])c1O)[N+](=O)[O-]. The number of nitrogens with zero attached hydrogens (tertiary/aromatic N) is 2. The second kappa shape index (κ2) is 5.67. The minimum Gasteiger partial charge on any atom is -0.507 e. The van der Waals surface area contributed by atoms with Crippen molar-refractivity contribution in [3.05, 3.63) is 49.6 Å². The quantitative estimate of drug-likeness (QED) is 0.640. The average Bonchev–Trinajstić information content (AvgIpc) is 2.45. The van der Waals surface area contributed by atoms with E-state index in [1.54, 1.807) is 13.8 Å². The van der Waals surface area contributed by atoms with E-state index in [2.05, 4.69) is 0 Å². The Kier molecular flexibility index (Phi) is 4.56. The van der Waals surface area contributed by atoms with Gasteiger partial charge in [0.2, 0.25) is 11.1 Å². The largest absolute Gasteiger partial charge is 0.507 e. The van der Waals surface area contributed by atoms with E-state index in [-0.39, 0.29) is 29.7 Å². The summed E-state index contributed by atoms with van der Waals surface area (Å²) >= 11 is 0. The van der Waals surface area contributed by atoms with Crippen LogP contribution in [0.4, 0.5) is 0 Å². The molecule has 2 atom stereocenters. The van der Waals surface area contributed by atoms with Crippen LogP contribution in [0.15, 0.2) is 18.2 Å². The maximum Gasteiger partial charge on any atom is 0.247 e. The van der Waals surface area contributed by atoms with Gasteiger partial charge in [-0.25, -0.2) is 0 Å². The molecule has 0 bridgehead atoms. The van der Waals surface area contributed by atoms with Gasteiger partial charge >= 0.3 is 0 Å². The average molecular weight is 296 g/mol. The number of hydrogen-bond acceptors (Lipinski definition) is 5. The topological polar surface area (TPSA) is 107 Å². The summed E-state index contributed by atoms with van der Waals surface area (Å²) in [6.45, 7) is 6.09. The molecule has 0 aliphatic rings. The Balaban J connectivity index is 3.60. The lowest BCUT2D eigenvalue weighted by atomic mass is 9.82. The molecule has 0 aliphatic heterocycles. The van der Waals surface area contributed by atoms with Crippen LogP contribution < -0.4 is 0 Å². The Bertz CT molecular complexity index is 528. The first-order valence-electron chi connectivity index (χ1n) is 6.77. The lowest BCUT2D eigenvalue weighted by Gasteiger charge is -2.25. The summed E-state index contributed by atoms with van der Waals surface area (Å²) < 4.78 is 0. The molecule has 0 saturated carbocycles. The third kappa shape index (κ3) is 2.55. The van der Waals surface area contributed by atoms with Gasteiger partial charge in [0.15, 0.2) is 0 Å². The van der Waals surface area contributed by atoms with Crippen LogP contribution in [0.25, 0.3) is 0 Å². The van der Waals surface area contributed by atoms with Crippen LogP contribution in [0.1, 0.15) is 51.7 Å². The number of benzene rings is 1. The number of nitro groups is 2. The minimum atomic E-state index is -1.48. The predicted octanol–water partition coefficient (Wildman–Crippen LogP) is 3.20. The van der Waals surface area contributed by atoms with Crippen LogP contribution in [0.2, 0.25) is 0 Å². The first-order chi connectivity index (χ1) is 9.65. The number of hydrogen-bond donors (Lipinski definition) is 1. The molecule has 0 aromatic heterocycles. The van der Waals surface area contributed by atoms with Gasteiger partial charge in [0.25, 0.3) is 0 Å². The van der Waals surface area contributed by atoms with Crippen molar-refractivity contribution in [1.82, 2.24) is 0 Å². The summed E-state index contributed by atoms with van der Waals surface area (Å²) in [5, 5.41) is 33.1. The van der Waals surface area contributed by atoms with Crippen LogP contribution in [-0.2, 0) is 11.1 Å². The van der Waals surface area contributed by atoms with Gasteiger partial charge < -0.3 is 5.11 Å². The Hall–Kier alpha value is -2.18. The van der Waals surface area contributed by atoms with Gasteiger partial charge in [-0.2, -0.15) is 0 Å². The van der Waals surface area contributed by atoms with Crippen molar-refractivity contribution in [1.29, 1.82) is 0 Å². The van der Waals surface area contributed by atoms with Crippen molar-refractivity contribution in [3.8, 4) is 5.75 Å². The predicted molar refractivity (Wildman–Crippen MR) is 77.4 cm³/mol. The summed E-state index contributed by atoms with van der Waals surface area (Å²) in [4.78, 5) is 21.7. The summed E-state index contributed by atoms with van der Waals surface area (Å²) in [7, 11) is 0. The van der Waals surface area contributed by atoms with E-state index in [9.17, 15) is 25.3 Å². The van der Waals surface area contributed by atoms with Gasteiger partial charge in [-0.3, -0.25) is 20.2 Å². The molecule has 0 aliphatic carbocycles. The second-order valence-corrected chi connectivity index (χ2v) is 5.47. The Morgan fingerprint density at radius 2 is 1.33 bits per heavy atom. The van der Waals surface area contributed by atoms with E-state index in [0.717, 1.165) is 0 Å². The van der Waals surface area contributed by atoms with E-state index in [0.29, 0.717) is 0 Å². The van der Waals surface area contributed by atoms with E-state index in [1.165, 1.54) is 32.0 Å². The maximum atomic E-state index is 11.3. The molecule has 2 unspecified atom stereocenters. The standard InChI is InChI=1S/C14H20N2O5/c1-5-13(3,15(18)19)10-8-7-9-11(12(10)17)14(4,6-2)16(20)21/h7-9,17H,5-6H2,1-4H3. The van der Waals surface area contributed by atoms with Crippen LogP contribution in [0.5, 0.6) is 5.75 Å². The van der Waals surface area contributed by atoms with Gasteiger partial charge in [-0.05, 0) is 12.1 Å². The van der Waals surface area contributed by atoms with Gasteiger partial charge in [0, 0.05) is 36.5 Å². The number of phenols is 1. The molecule has 0 spiro atoms. The molecule has 0 amide bonds. The highest BCUT2D eigenvalue weighted by molar-refractivity contribution is 5.46. The fourth-order valence-corrected chi connectivity index (χ4v) is 2.25. The van der Waals surface area contributed by atoms with Crippen LogP contribution >= 0.6 is 0 Å². The van der Waals surface area contributed by atoms with Gasteiger partial charge in [0.1, 0.15) is 5.75 Å². The Morgan fingerprint density at radius 1 is 1.00 bits per heavy atom. The van der Waals surface area contributed by atoms with Gasteiger partial charge in [0.05, 0.1) is 11.1 Å². The fraction of sp³-hybridized carbons (Fsp3) is 0.571. The third-order valence-electron chi connectivity index (χ3n) is 4.38. The van der Waals surface area contributed by atoms with Crippen molar-refractivity contribution >= 4 is 0 Å². The molecule has 1 N–H and O–H groups in total. The second-order valence-electron chi connectivity index (χ2n) is 5.47. The first-order valence-corrected chi connectivity index (χ1v) is 6.77. The zero-order valence-corrected chi connectivity index (χ0v) is 12.6. The zero-order valence-electron chi connectivity index (χ0n) is 12.6. The number of para-hydroxylation sites is 1. The van der Waals surface area contributed by atoms with Crippen molar-refractivity contribution in [2.75, 3.05) is 0 Å². The van der Waals surface area contributed by atoms with E-state index >= 15 is 0 Å². The molecule has 0 saturated heterocycles. The minimum absolute atomic E-state index is 0.106. The number of aromatic hydroxyl groups is 1. The third-order valence-corrected chi connectivity index (χ3v) is 4.38. The van der Waals surface area contributed by atoms with Crippen molar-refractivity contribution in [3.63, 3.8) is 0 Å². The molecule has 0 radical (unpaired) electrons. The Morgan fingerprint density at radius 3 is 1.57 bits per heavy atom. The van der Waals surface area contributed by atoms with E-state index in [1.807, 2.05) is 0 Å². The van der Waals surface area contributed by atoms with Crippen LogP contribution in [-0.4, -0.2) is 15.0 Å². The summed E-state index contributed by atoms with van der Waals surface area (Å²) in [6, 6.07) is 4.40. The molecule has 1 aromatic rings. The van der Waals surface area contributed by atoms with Crippen molar-refractivity contribution < 1.29 is 15.0 Å². The fourth-order valence-electron chi connectivity index (χ4n) is 2.25. The summed E-state index contributed by atoms with van der Waals surface area (Å²) in [5.41, 5.74) is -2.75. The van der Waals surface area contributed by atoms with Crippen LogP contribution in [0, 0.1) is 20.2 Å². The lowest BCUT2D eigenvalue weighted by molar-refractivity contribution is -0.577. The molecule has 1 rings (SSSR count). The smallest absolute Gasteiger partial charge is 0.247 e. The summed E-state index contributed by atoms with van der Waals surface area (Å²) in [5.74, 6) is -0.361. The van der Waals surface area contributed by atoms with Crippen LogP contribution in [0.3, 0.4) is 0 Å². The molecule has 0 fully saturated rings. The van der Waals surface area contributed by atoms with Gasteiger partial charge in [-0.1, -0.05) is 19.9 Å². The zero-order chi connectivity index (χ0) is 16.4. The van der Waals surface area contributed by atoms with Crippen molar-refractivity contribution in [2.45, 2.75) is 51.6 Å². The monoisotopic (exact) mass is 296 g/mol. The Labute approximate surface area is 122 Å². The molecular formula is C14H20N2O5. The van der Waals surface area contributed by atoms with Gasteiger partial charge in [-0.15, -0.1) is 0 Å². The maximum absolute atomic E-state index is 11.3. The molecule has 21 heavy (non-hydrogen) atoms. The van der Waals surface area contributed by atoms with E-state index in [4.69, 9.17) is 0 Å². The highest BCUT2D eigenvalue weighted by atomic mass is 16.6. The molecular weight excluding hydrogens is 276 g/mol. The molecule has 7 heteroatoms. The van der Waals surface area contributed by atoms with Crippen molar-refractivity contribution in [2.24, 2.45) is 0 Å². The molecule has 0 heterocycles. The molecule has 7 nitrogen and oxygen atoms in total. The first kappa shape index (κ1) is 16.9. The molecule has 1 aromatic carbocycles. The highest BCUT2D eigenvalue weighted by Gasteiger charge is 2.45. The molecule has 116 valence electrons.